The molecule has 0 aromatic carbocycles. The Bertz CT molecular complexity index is 313. The van der Waals surface area contributed by atoms with Crippen LogP contribution in [0.4, 0.5) is 0 Å². The van der Waals surface area contributed by atoms with Gasteiger partial charge in [0.2, 0.25) is 0 Å². The van der Waals surface area contributed by atoms with Crippen LogP contribution in [0.3, 0.4) is 0 Å². The van der Waals surface area contributed by atoms with Crippen molar-refractivity contribution >= 4 is 0 Å². The molecule has 0 amide bonds. The SMILES string of the molecule is CC.CC.CC1C=CC(C)C2C1C(C)C(C)(C)C(C)(C)C2C. The van der Waals surface area contributed by atoms with Crippen molar-refractivity contribution in [2.45, 2.75) is 83.1 Å². The predicted octanol–water partition coefficient (Wildman–Crippen LogP) is 7.45. The lowest BCUT2D eigenvalue weighted by molar-refractivity contribution is -0.138. The lowest BCUT2D eigenvalue weighted by Gasteiger charge is -2.63. The Kier molecular flexibility index (Phi) is 7.93. The fourth-order valence-electron chi connectivity index (χ4n) is 5.02. The van der Waals surface area contributed by atoms with Crippen molar-refractivity contribution in [3.8, 4) is 0 Å². The van der Waals surface area contributed by atoms with E-state index in [0.717, 1.165) is 35.5 Å². The molecule has 0 aliphatic heterocycles. The predicted molar refractivity (Wildman–Crippen MR) is 103 cm³/mol. The molecule has 0 aromatic rings. The molecule has 0 heteroatoms. The Morgan fingerprint density at radius 3 is 1.00 bits per heavy atom. The van der Waals surface area contributed by atoms with E-state index in [0.29, 0.717) is 10.8 Å². The van der Waals surface area contributed by atoms with Gasteiger partial charge in [0.15, 0.2) is 0 Å². The molecule has 0 bridgehead atoms. The molecule has 2 aliphatic rings. The smallest absolute Gasteiger partial charge is 0.0228 e. The van der Waals surface area contributed by atoms with E-state index in [9.17, 15) is 0 Å². The number of rotatable bonds is 0. The van der Waals surface area contributed by atoms with Gasteiger partial charge >= 0.3 is 0 Å². The second-order valence-corrected chi connectivity index (χ2v) is 8.28. The maximum Gasteiger partial charge on any atom is -0.0228 e. The second kappa shape index (κ2) is 8.02. The molecule has 0 nitrogen and oxygen atoms in total. The Morgan fingerprint density at radius 2 is 0.773 bits per heavy atom. The van der Waals surface area contributed by atoms with E-state index in [2.05, 4.69) is 67.5 Å². The molecule has 0 heterocycles. The third-order valence-corrected chi connectivity index (χ3v) is 7.47. The van der Waals surface area contributed by atoms with Crippen LogP contribution in [0.1, 0.15) is 83.1 Å². The van der Waals surface area contributed by atoms with Crippen LogP contribution < -0.4 is 0 Å². The summed E-state index contributed by atoms with van der Waals surface area (Å²) in [5.74, 6) is 4.83. The van der Waals surface area contributed by atoms with Crippen molar-refractivity contribution < 1.29 is 0 Å². The minimum atomic E-state index is 0.423. The highest BCUT2D eigenvalue weighted by molar-refractivity contribution is 5.12. The Morgan fingerprint density at radius 1 is 0.545 bits per heavy atom. The Labute approximate surface area is 142 Å². The van der Waals surface area contributed by atoms with Gasteiger partial charge in [0, 0.05) is 0 Å². The number of fused-ring (bicyclic) bond motifs is 1. The minimum Gasteiger partial charge on any atom is -0.0851 e. The summed E-state index contributed by atoms with van der Waals surface area (Å²) >= 11 is 0. The quantitative estimate of drug-likeness (QED) is 0.407. The van der Waals surface area contributed by atoms with Crippen molar-refractivity contribution in [3.05, 3.63) is 12.2 Å². The van der Waals surface area contributed by atoms with Crippen LogP contribution in [0, 0.1) is 46.3 Å². The van der Waals surface area contributed by atoms with Crippen LogP contribution in [0.25, 0.3) is 0 Å². The minimum absolute atomic E-state index is 0.423. The van der Waals surface area contributed by atoms with Crippen molar-refractivity contribution in [1.82, 2.24) is 0 Å². The molecule has 0 spiro atoms. The largest absolute Gasteiger partial charge is 0.0851 e. The lowest BCUT2D eigenvalue weighted by atomic mass is 9.42. The molecule has 0 saturated heterocycles. The summed E-state index contributed by atoms with van der Waals surface area (Å²) in [5.41, 5.74) is 0.847. The number of allylic oxidation sites excluding steroid dienone is 2. The standard InChI is InChI=1S/C18H32.2C2H6/c1-11-9-10-12(2)16-14(4)18(7,8)17(5,6)13(3)15(11)16;2*1-2/h9-16H,1-8H3;2*1-2H3. The Balaban J connectivity index is 0.00000102. The van der Waals surface area contributed by atoms with E-state index >= 15 is 0 Å². The first kappa shape index (κ1) is 21.7. The molecule has 6 unspecified atom stereocenters. The fraction of sp³-hybridized carbons (Fsp3) is 0.909. The first-order chi connectivity index (χ1) is 10.1. The molecular formula is C22H44. The average molecular weight is 309 g/mol. The van der Waals surface area contributed by atoms with Crippen molar-refractivity contribution in [2.24, 2.45) is 46.3 Å². The fourth-order valence-corrected chi connectivity index (χ4v) is 5.02. The summed E-state index contributed by atoms with van der Waals surface area (Å²) in [7, 11) is 0. The molecule has 132 valence electrons. The van der Waals surface area contributed by atoms with Gasteiger partial charge in [0.25, 0.3) is 0 Å². The summed E-state index contributed by atoms with van der Waals surface area (Å²) in [6.45, 7) is 27.9. The van der Waals surface area contributed by atoms with Crippen LogP contribution in [-0.4, -0.2) is 0 Å². The zero-order chi connectivity index (χ0) is 17.9. The van der Waals surface area contributed by atoms with E-state index in [1.165, 1.54) is 0 Å². The van der Waals surface area contributed by atoms with Crippen LogP contribution >= 0.6 is 0 Å². The van der Waals surface area contributed by atoms with Crippen molar-refractivity contribution in [3.63, 3.8) is 0 Å². The maximum atomic E-state index is 2.51. The molecule has 0 radical (unpaired) electrons. The highest BCUT2D eigenvalue weighted by Crippen LogP contribution is 2.63. The lowest BCUT2D eigenvalue weighted by Crippen LogP contribution is -2.57. The van der Waals surface area contributed by atoms with Crippen molar-refractivity contribution in [2.75, 3.05) is 0 Å². The summed E-state index contributed by atoms with van der Waals surface area (Å²) in [6, 6.07) is 0. The highest BCUT2D eigenvalue weighted by Gasteiger charge is 2.57. The van der Waals surface area contributed by atoms with E-state index in [1.54, 1.807) is 0 Å². The van der Waals surface area contributed by atoms with Crippen LogP contribution in [-0.2, 0) is 0 Å². The van der Waals surface area contributed by atoms with Crippen LogP contribution in [0.5, 0.6) is 0 Å². The normalized spacial score (nSPS) is 41.3. The molecule has 1 saturated carbocycles. The third-order valence-electron chi connectivity index (χ3n) is 7.47. The number of hydrogen-bond donors (Lipinski definition) is 0. The van der Waals surface area contributed by atoms with Gasteiger partial charge in [-0.05, 0) is 46.3 Å². The summed E-state index contributed by atoms with van der Waals surface area (Å²) in [5, 5.41) is 0. The molecule has 0 aromatic heterocycles. The van der Waals surface area contributed by atoms with Gasteiger partial charge in [-0.25, -0.2) is 0 Å². The van der Waals surface area contributed by atoms with Gasteiger partial charge in [0.1, 0.15) is 0 Å². The highest BCUT2D eigenvalue weighted by atomic mass is 14.6. The molecule has 2 aliphatic carbocycles. The summed E-state index contributed by atoms with van der Waals surface area (Å²) in [6.07, 6.45) is 4.95. The second-order valence-electron chi connectivity index (χ2n) is 8.28. The van der Waals surface area contributed by atoms with Gasteiger partial charge in [-0.2, -0.15) is 0 Å². The maximum absolute atomic E-state index is 2.51. The van der Waals surface area contributed by atoms with Gasteiger partial charge in [-0.1, -0.05) is 95.2 Å². The topological polar surface area (TPSA) is 0 Å². The first-order valence-electron chi connectivity index (χ1n) is 9.80. The molecule has 0 N–H and O–H groups in total. The van der Waals surface area contributed by atoms with E-state index in [-0.39, 0.29) is 0 Å². The third kappa shape index (κ3) is 3.31. The molecule has 2 rings (SSSR count). The van der Waals surface area contributed by atoms with Crippen molar-refractivity contribution in [1.29, 1.82) is 0 Å². The molecule has 1 fully saturated rings. The first-order valence-corrected chi connectivity index (χ1v) is 9.80. The monoisotopic (exact) mass is 308 g/mol. The number of hydrogen-bond acceptors (Lipinski definition) is 0. The van der Waals surface area contributed by atoms with Gasteiger partial charge in [-0.3, -0.25) is 0 Å². The van der Waals surface area contributed by atoms with Gasteiger partial charge < -0.3 is 0 Å². The zero-order valence-corrected chi connectivity index (χ0v) is 17.6. The molecular weight excluding hydrogens is 264 g/mol. The Hall–Kier alpha value is -0.260. The average Bonchev–Trinajstić information content (AvgIpc) is 2.50. The molecule has 22 heavy (non-hydrogen) atoms. The van der Waals surface area contributed by atoms with Crippen LogP contribution in [0.15, 0.2) is 12.2 Å². The summed E-state index contributed by atoms with van der Waals surface area (Å²) in [4.78, 5) is 0. The van der Waals surface area contributed by atoms with E-state index < -0.39 is 0 Å². The summed E-state index contributed by atoms with van der Waals surface area (Å²) < 4.78 is 0. The van der Waals surface area contributed by atoms with Gasteiger partial charge in [0.05, 0.1) is 0 Å². The van der Waals surface area contributed by atoms with Crippen LogP contribution in [0.2, 0.25) is 0 Å². The van der Waals surface area contributed by atoms with E-state index in [4.69, 9.17) is 0 Å². The molecule has 6 atom stereocenters. The van der Waals surface area contributed by atoms with Gasteiger partial charge in [-0.15, -0.1) is 0 Å². The van der Waals surface area contributed by atoms with E-state index in [1.807, 2.05) is 27.7 Å². The zero-order valence-electron chi connectivity index (χ0n) is 17.6.